The number of hydrogen-bond donors (Lipinski definition) is 2. The van der Waals surface area contributed by atoms with Crippen molar-refractivity contribution in [1.29, 1.82) is 0 Å². The van der Waals surface area contributed by atoms with Gasteiger partial charge in [-0.05, 0) is 31.2 Å². The third-order valence-corrected chi connectivity index (χ3v) is 6.54. The van der Waals surface area contributed by atoms with E-state index in [0.717, 1.165) is 18.0 Å². The fraction of sp³-hybridized carbons (Fsp3) is 0.150. The number of rotatable bonds is 8. The Morgan fingerprint density at radius 2 is 1.83 bits per heavy atom. The first-order valence-corrected chi connectivity index (χ1v) is 11.4. The molecule has 0 atom stereocenters. The van der Waals surface area contributed by atoms with Crippen LogP contribution < -0.4 is 15.6 Å². The van der Waals surface area contributed by atoms with Gasteiger partial charge in [0, 0.05) is 0 Å². The van der Waals surface area contributed by atoms with Gasteiger partial charge >= 0.3 is 0 Å². The number of para-hydroxylation sites is 2. The number of aromatic nitrogens is 2. The molecule has 8 nitrogen and oxygen atoms in total. The Labute approximate surface area is 177 Å². The van der Waals surface area contributed by atoms with Crippen LogP contribution in [0.3, 0.4) is 0 Å². The Hall–Kier alpha value is -3.11. The zero-order chi connectivity index (χ0) is 21.6. The van der Waals surface area contributed by atoms with Gasteiger partial charge in [0.25, 0.3) is 5.56 Å². The van der Waals surface area contributed by atoms with Crippen molar-refractivity contribution in [3.8, 4) is 5.75 Å². The summed E-state index contributed by atoms with van der Waals surface area (Å²) >= 11 is 0.982. The van der Waals surface area contributed by atoms with Crippen molar-refractivity contribution in [1.82, 2.24) is 9.97 Å². The van der Waals surface area contributed by atoms with E-state index in [2.05, 4.69) is 15.3 Å². The van der Waals surface area contributed by atoms with Crippen molar-refractivity contribution < 1.29 is 17.9 Å². The number of hydrogen-bond acceptors (Lipinski definition) is 7. The third kappa shape index (κ3) is 5.08. The molecule has 1 heterocycles. The summed E-state index contributed by atoms with van der Waals surface area (Å²) < 4.78 is 30.6. The van der Waals surface area contributed by atoms with E-state index >= 15 is 0 Å². The molecule has 156 valence electrons. The van der Waals surface area contributed by atoms with Gasteiger partial charge < -0.3 is 15.0 Å². The van der Waals surface area contributed by atoms with Crippen LogP contribution in [0, 0.1) is 0 Å². The molecule has 10 heteroatoms. The molecule has 0 unspecified atom stereocenters. The molecule has 0 radical (unpaired) electrons. The maximum atomic E-state index is 12.6. The second-order valence-corrected chi connectivity index (χ2v) is 8.85. The molecule has 30 heavy (non-hydrogen) atoms. The van der Waals surface area contributed by atoms with E-state index in [9.17, 15) is 18.0 Å². The van der Waals surface area contributed by atoms with Gasteiger partial charge in [-0.1, -0.05) is 42.1 Å². The van der Waals surface area contributed by atoms with E-state index < -0.39 is 20.3 Å². The number of carbonyl (C=O) groups excluding carboxylic acids is 1. The number of benzene rings is 2. The minimum Gasteiger partial charge on any atom is -0.492 e. The first-order valence-electron chi connectivity index (χ1n) is 8.95. The summed E-state index contributed by atoms with van der Waals surface area (Å²) in [6.07, 6.45) is 1.01. The highest BCUT2D eigenvalue weighted by Gasteiger charge is 2.22. The number of thioether (sulfide) groups is 1. The van der Waals surface area contributed by atoms with Gasteiger partial charge in [-0.2, -0.15) is 0 Å². The van der Waals surface area contributed by atoms with Crippen molar-refractivity contribution in [2.75, 3.05) is 17.7 Å². The van der Waals surface area contributed by atoms with E-state index in [0.29, 0.717) is 18.0 Å². The second-order valence-electron chi connectivity index (χ2n) is 5.96. The molecule has 0 aliphatic carbocycles. The van der Waals surface area contributed by atoms with Gasteiger partial charge in [0.05, 0.1) is 29.1 Å². The van der Waals surface area contributed by atoms with E-state index in [1.165, 1.54) is 12.1 Å². The summed E-state index contributed by atoms with van der Waals surface area (Å²) in [7, 11) is -3.98. The summed E-state index contributed by atoms with van der Waals surface area (Å²) in [6.45, 7) is 2.31. The number of nitrogens with zero attached hydrogens (tertiary/aromatic N) is 1. The molecule has 3 rings (SSSR count). The molecule has 1 aromatic heterocycles. The molecule has 0 saturated heterocycles. The SMILES string of the molecule is CCOc1ccccc1NC(=O)CSc1ncc(S(=O)(=O)c2ccccc2)c(=O)[nH]1. The van der Waals surface area contributed by atoms with Gasteiger partial charge in [-0.25, -0.2) is 13.4 Å². The van der Waals surface area contributed by atoms with Crippen LogP contribution in [0.25, 0.3) is 0 Å². The lowest BCUT2D eigenvalue weighted by Gasteiger charge is -2.11. The largest absolute Gasteiger partial charge is 0.492 e. The van der Waals surface area contributed by atoms with Crippen LogP contribution in [0.2, 0.25) is 0 Å². The van der Waals surface area contributed by atoms with Gasteiger partial charge in [0.1, 0.15) is 5.75 Å². The minimum absolute atomic E-state index is 0.00467. The molecular weight excluding hydrogens is 426 g/mol. The summed E-state index contributed by atoms with van der Waals surface area (Å²) in [4.78, 5) is 30.5. The number of ether oxygens (including phenoxy) is 1. The molecule has 1 amide bonds. The summed E-state index contributed by atoms with van der Waals surface area (Å²) in [6, 6.07) is 14.7. The van der Waals surface area contributed by atoms with E-state index in [-0.39, 0.29) is 21.7 Å². The van der Waals surface area contributed by atoms with Crippen LogP contribution in [-0.2, 0) is 14.6 Å². The van der Waals surface area contributed by atoms with E-state index in [4.69, 9.17) is 4.74 Å². The van der Waals surface area contributed by atoms with E-state index in [1.54, 1.807) is 42.5 Å². The van der Waals surface area contributed by atoms with Crippen molar-refractivity contribution in [2.24, 2.45) is 0 Å². The molecule has 0 saturated carbocycles. The van der Waals surface area contributed by atoms with Crippen LogP contribution in [-0.4, -0.2) is 36.7 Å². The van der Waals surface area contributed by atoms with Gasteiger partial charge in [0.2, 0.25) is 15.7 Å². The highest BCUT2D eigenvalue weighted by molar-refractivity contribution is 7.99. The maximum Gasteiger partial charge on any atom is 0.270 e. The number of carbonyl (C=O) groups is 1. The normalized spacial score (nSPS) is 11.1. The Bertz CT molecular complexity index is 1190. The minimum atomic E-state index is -3.98. The highest BCUT2D eigenvalue weighted by Crippen LogP contribution is 2.24. The Morgan fingerprint density at radius 1 is 1.13 bits per heavy atom. The fourth-order valence-electron chi connectivity index (χ4n) is 2.53. The predicted octanol–water partition coefficient (Wildman–Crippen LogP) is 2.73. The molecular formula is C20H19N3O5S2. The average molecular weight is 446 g/mol. The summed E-state index contributed by atoms with van der Waals surface area (Å²) in [5.41, 5.74) is -0.255. The number of sulfone groups is 1. The van der Waals surface area contributed by atoms with Crippen molar-refractivity contribution in [3.63, 3.8) is 0 Å². The Morgan fingerprint density at radius 3 is 2.53 bits per heavy atom. The summed E-state index contributed by atoms with van der Waals surface area (Å²) in [5, 5.41) is 2.88. The number of amides is 1. The van der Waals surface area contributed by atoms with Crippen LogP contribution in [0.4, 0.5) is 5.69 Å². The lowest BCUT2D eigenvalue weighted by Crippen LogP contribution is -2.20. The lowest BCUT2D eigenvalue weighted by molar-refractivity contribution is -0.113. The standard InChI is InChI=1S/C20H19N3O5S2/c1-2-28-16-11-7-6-10-15(16)22-18(24)13-29-20-21-12-17(19(25)23-20)30(26,27)14-8-4-3-5-9-14/h3-12H,2,13H2,1H3,(H,22,24)(H,21,23,25). The molecule has 0 fully saturated rings. The number of aromatic amines is 1. The zero-order valence-electron chi connectivity index (χ0n) is 16.0. The molecule has 2 aromatic carbocycles. The van der Waals surface area contributed by atoms with Crippen molar-refractivity contribution in [2.45, 2.75) is 21.9 Å². The maximum absolute atomic E-state index is 12.6. The van der Waals surface area contributed by atoms with Gasteiger partial charge in [-0.3, -0.25) is 9.59 Å². The first-order chi connectivity index (χ1) is 14.4. The van der Waals surface area contributed by atoms with Crippen LogP contribution in [0.1, 0.15) is 6.92 Å². The topological polar surface area (TPSA) is 118 Å². The third-order valence-electron chi connectivity index (χ3n) is 3.89. The van der Waals surface area contributed by atoms with Gasteiger partial charge in [0.15, 0.2) is 10.1 Å². The second kappa shape index (κ2) is 9.59. The number of H-pyrrole nitrogens is 1. The first kappa shape index (κ1) is 21.6. The molecule has 3 aromatic rings. The van der Waals surface area contributed by atoms with E-state index in [1.807, 2.05) is 6.92 Å². The fourth-order valence-corrected chi connectivity index (χ4v) is 4.42. The van der Waals surface area contributed by atoms with Crippen molar-refractivity contribution >= 4 is 33.2 Å². The zero-order valence-corrected chi connectivity index (χ0v) is 17.6. The van der Waals surface area contributed by atoms with Crippen LogP contribution in [0.5, 0.6) is 5.75 Å². The lowest BCUT2D eigenvalue weighted by atomic mass is 10.3. The Kier molecular flexibility index (Phi) is 6.91. The van der Waals surface area contributed by atoms with Crippen LogP contribution in [0.15, 0.2) is 80.5 Å². The predicted molar refractivity (Wildman–Crippen MR) is 114 cm³/mol. The quantitative estimate of drug-likeness (QED) is 0.404. The molecule has 0 aliphatic heterocycles. The summed E-state index contributed by atoms with van der Waals surface area (Å²) in [5.74, 6) is 0.199. The molecule has 2 N–H and O–H groups in total. The molecule has 0 spiro atoms. The van der Waals surface area contributed by atoms with Crippen LogP contribution >= 0.6 is 11.8 Å². The number of anilines is 1. The number of nitrogens with one attached hydrogen (secondary N) is 2. The Balaban J connectivity index is 1.68. The smallest absolute Gasteiger partial charge is 0.270 e. The van der Waals surface area contributed by atoms with Crippen molar-refractivity contribution in [3.05, 3.63) is 71.1 Å². The highest BCUT2D eigenvalue weighted by atomic mass is 32.2. The monoisotopic (exact) mass is 445 g/mol. The average Bonchev–Trinajstić information content (AvgIpc) is 2.74. The molecule has 0 bridgehead atoms. The van der Waals surface area contributed by atoms with Gasteiger partial charge in [-0.15, -0.1) is 0 Å². The molecule has 0 aliphatic rings.